The third kappa shape index (κ3) is 3.64. The minimum absolute atomic E-state index is 0.0602. The second-order valence-corrected chi connectivity index (χ2v) is 6.53. The number of carbonyl (C=O) groups excluding carboxylic acids is 1. The van der Waals surface area contributed by atoms with Crippen LogP contribution in [0.2, 0.25) is 0 Å². The molecule has 2 atom stereocenters. The van der Waals surface area contributed by atoms with Gasteiger partial charge in [0.15, 0.2) is 0 Å². The minimum Gasteiger partial charge on any atom is -0.497 e. The smallest absolute Gasteiger partial charge is 0.308 e. The first-order valence-electron chi connectivity index (χ1n) is 8.51. The molecule has 0 saturated carbocycles. The summed E-state index contributed by atoms with van der Waals surface area (Å²) in [7, 11) is 1.60. The molecule has 1 heterocycles. The highest BCUT2D eigenvalue weighted by Crippen LogP contribution is 2.28. The Morgan fingerprint density at radius 1 is 1.15 bits per heavy atom. The predicted molar refractivity (Wildman–Crippen MR) is 98.9 cm³/mol. The maximum atomic E-state index is 13.0. The van der Waals surface area contributed by atoms with E-state index < -0.39 is 11.9 Å². The normalized spacial score (nSPS) is 19.2. The first kappa shape index (κ1) is 17.8. The van der Waals surface area contributed by atoms with Gasteiger partial charge in [-0.1, -0.05) is 25.1 Å². The third-order valence-electron chi connectivity index (χ3n) is 4.72. The van der Waals surface area contributed by atoms with E-state index in [1.54, 1.807) is 24.1 Å². The number of para-hydroxylation sites is 1. The molecule has 6 nitrogen and oxygen atoms in total. The molecule has 2 N–H and O–H groups in total. The molecule has 1 aliphatic heterocycles. The third-order valence-corrected chi connectivity index (χ3v) is 4.72. The number of rotatable bonds is 5. The van der Waals surface area contributed by atoms with Gasteiger partial charge in [-0.2, -0.15) is 0 Å². The van der Waals surface area contributed by atoms with Gasteiger partial charge in [0.25, 0.3) is 5.91 Å². The lowest BCUT2D eigenvalue weighted by Crippen LogP contribution is -2.30. The first-order chi connectivity index (χ1) is 12.5. The molecule has 0 aromatic heterocycles. The lowest BCUT2D eigenvalue weighted by Gasteiger charge is -2.19. The van der Waals surface area contributed by atoms with Crippen LogP contribution in [0.5, 0.6) is 5.75 Å². The molecule has 1 aliphatic rings. The fraction of sp³-hybridized carbons (Fsp3) is 0.300. The van der Waals surface area contributed by atoms with Crippen LogP contribution in [0.25, 0.3) is 0 Å². The Morgan fingerprint density at radius 3 is 2.62 bits per heavy atom. The largest absolute Gasteiger partial charge is 0.497 e. The number of hydrogen-bond donors (Lipinski definition) is 2. The topological polar surface area (TPSA) is 78.9 Å². The number of benzene rings is 2. The molecular formula is C20H22N2O4. The SMILES string of the molecule is COc1cccc(Nc2ccccc2C(=O)N2C[C@@H](C)[C@H](C(=O)O)C2)c1. The van der Waals surface area contributed by atoms with Gasteiger partial charge in [-0.25, -0.2) is 0 Å². The molecule has 0 aliphatic carbocycles. The number of aliphatic carboxylic acids is 1. The Bertz CT molecular complexity index is 821. The van der Waals surface area contributed by atoms with E-state index in [0.717, 1.165) is 11.4 Å². The molecule has 2 aromatic carbocycles. The number of nitrogens with zero attached hydrogens (tertiary/aromatic N) is 1. The van der Waals surface area contributed by atoms with Crippen molar-refractivity contribution in [1.82, 2.24) is 4.90 Å². The Balaban J connectivity index is 1.83. The Morgan fingerprint density at radius 2 is 1.92 bits per heavy atom. The Labute approximate surface area is 152 Å². The molecule has 1 fully saturated rings. The van der Waals surface area contributed by atoms with Crippen molar-refractivity contribution in [3.63, 3.8) is 0 Å². The summed E-state index contributed by atoms with van der Waals surface area (Å²) in [6.45, 7) is 2.55. The lowest BCUT2D eigenvalue weighted by atomic mass is 9.99. The van der Waals surface area contributed by atoms with Crippen LogP contribution in [0, 0.1) is 11.8 Å². The summed E-state index contributed by atoms with van der Waals surface area (Å²) >= 11 is 0. The van der Waals surface area contributed by atoms with Gasteiger partial charge in [0.05, 0.1) is 24.3 Å². The quantitative estimate of drug-likeness (QED) is 0.862. The Hall–Kier alpha value is -3.02. The molecule has 0 spiro atoms. The molecule has 2 aromatic rings. The average Bonchev–Trinajstić information content (AvgIpc) is 3.04. The van der Waals surface area contributed by atoms with E-state index in [0.29, 0.717) is 17.8 Å². The molecule has 6 heteroatoms. The molecule has 26 heavy (non-hydrogen) atoms. The number of nitrogens with one attached hydrogen (secondary N) is 1. The van der Waals surface area contributed by atoms with Crippen LogP contribution in [-0.4, -0.2) is 42.1 Å². The lowest BCUT2D eigenvalue weighted by molar-refractivity contribution is -0.142. The molecular weight excluding hydrogens is 332 g/mol. The van der Waals surface area contributed by atoms with E-state index in [9.17, 15) is 14.7 Å². The highest BCUT2D eigenvalue weighted by molar-refractivity contribution is 6.00. The van der Waals surface area contributed by atoms with Crippen LogP contribution < -0.4 is 10.1 Å². The van der Waals surface area contributed by atoms with E-state index in [-0.39, 0.29) is 18.4 Å². The van der Waals surface area contributed by atoms with Gasteiger partial charge in [-0.05, 0) is 30.2 Å². The molecule has 0 radical (unpaired) electrons. The minimum atomic E-state index is -0.851. The number of carboxylic acid groups (broad SMARTS) is 1. The van der Waals surface area contributed by atoms with Gasteiger partial charge in [0.1, 0.15) is 5.75 Å². The summed E-state index contributed by atoms with van der Waals surface area (Å²) in [6.07, 6.45) is 0. The first-order valence-corrected chi connectivity index (χ1v) is 8.51. The van der Waals surface area contributed by atoms with E-state index in [1.165, 1.54) is 0 Å². The van der Waals surface area contributed by atoms with Crippen molar-refractivity contribution in [3.05, 3.63) is 54.1 Å². The van der Waals surface area contributed by atoms with Gasteiger partial charge >= 0.3 is 5.97 Å². The summed E-state index contributed by atoms with van der Waals surface area (Å²) in [5.74, 6) is -0.869. The number of methoxy groups -OCH3 is 1. The highest BCUT2D eigenvalue weighted by atomic mass is 16.5. The molecule has 0 bridgehead atoms. The van der Waals surface area contributed by atoms with Crippen molar-refractivity contribution in [3.8, 4) is 5.75 Å². The van der Waals surface area contributed by atoms with Gasteiger partial charge in [0, 0.05) is 24.8 Å². The van der Waals surface area contributed by atoms with Gasteiger partial charge in [-0.3, -0.25) is 9.59 Å². The number of carboxylic acids is 1. The van der Waals surface area contributed by atoms with Crippen LogP contribution in [0.4, 0.5) is 11.4 Å². The van der Waals surface area contributed by atoms with Gasteiger partial charge in [-0.15, -0.1) is 0 Å². The fourth-order valence-corrected chi connectivity index (χ4v) is 3.26. The predicted octanol–water partition coefficient (Wildman–Crippen LogP) is 3.23. The van der Waals surface area contributed by atoms with Gasteiger partial charge < -0.3 is 20.1 Å². The van der Waals surface area contributed by atoms with Crippen molar-refractivity contribution >= 4 is 23.3 Å². The van der Waals surface area contributed by atoms with Crippen molar-refractivity contribution in [2.75, 3.05) is 25.5 Å². The zero-order chi connectivity index (χ0) is 18.7. The van der Waals surface area contributed by atoms with Crippen LogP contribution in [0.3, 0.4) is 0 Å². The number of amides is 1. The second-order valence-electron chi connectivity index (χ2n) is 6.53. The summed E-state index contributed by atoms with van der Waals surface area (Å²) < 4.78 is 5.23. The molecule has 136 valence electrons. The number of carbonyl (C=O) groups is 2. The zero-order valence-electron chi connectivity index (χ0n) is 14.8. The highest BCUT2D eigenvalue weighted by Gasteiger charge is 2.37. The molecule has 1 amide bonds. The van der Waals surface area contributed by atoms with Crippen molar-refractivity contribution in [2.45, 2.75) is 6.92 Å². The molecule has 0 unspecified atom stereocenters. The standard InChI is InChI=1S/C20H22N2O4/c1-13-11-22(12-17(13)20(24)25)19(23)16-8-3-4-9-18(16)21-14-6-5-7-15(10-14)26-2/h3-10,13,17,21H,11-12H2,1-2H3,(H,24,25)/t13-,17-/m1/s1. The van der Waals surface area contributed by atoms with E-state index in [4.69, 9.17) is 4.74 Å². The number of anilines is 2. The molecule has 1 saturated heterocycles. The number of ether oxygens (including phenoxy) is 1. The van der Waals surface area contributed by atoms with Crippen LogP contribution in [-0.2, 0) is 4.79 Å². The second kappa shape index (κ2) is 7.47. The zero-order valence-corrected chi connectivity index (χ0v) is 14.8. The number of likely N-dealkylation sites (tertiary alicyclic amines) is 1. The Kier molecular flexibility index (Phi) is 5.11. The number of hydrogen-bond acceptors (Lipinski definition) is 4. The maximum Gasteiger partial charge on any atom is 0.308 e. The summed E-state index contributed by atoms with van der Waals surface area (Å²) in [5, 5.41) is 12.5. The maximum absolute atomic E-state index is 13.0. The summed E-state index contributed by atoms with van der Waals surface area (Å²) in [5.41, 5.74) is 2.01. The van der Waals surface area contributed by atoms with Crippen LogP contribution in [0.15, 0.2) is 48.5 Å². The van der Waals surface area contributed by atoms with Crippen molar-refractivity contribution in [2.24, 2.45) is 11.8 Å². The molecule has 3 rings (SSSR count). The fourth-order valence-electron chi connectivity index (χ4n) is 3.26. The average molecular weight is 354 g/mol. The van der Waals surface area contributed by atoms with Crippen molar-refractivity contribution < 1.29 is 19.4 Å². The van der Waals surface area contributed by atoms with E-state index in [2.05, 4.69) is 5.32 Å². The summed E-state index contributed by atoms with van der Waals surface area (Å²) in [6, 6.07) is 14.7. The van der Waals surface area contributed by atoms with Crippen LogP contribution >= 0.6 is 0 Å². The van der Waals surface area contributed by atoms with Crippen LogP contribution in [0.1, 0.15) is 17.3 Å². The van der Waals surface area contributed by atoms with E-state index in [1.807, 2.05) is 43.3 Å². The van der Waals surface area contributed by atoms with E-state index >= 15 is 0 Å². The van der Waals surface area contributed by atoms with Gasteiger partial charge in [0.2, 0.25) is 0 Å². The monoisotopic (exact) mass is 354 g/mol. The summed E-state index contributed by atoms with van der Waals surface area (Å²) in [4.78, 5) is 25.9. The van der Waals surface area contributed by atoms with Crippen molar-refractivity contribution in [1.29, 1.82) is 0 Å².